The molecule has 0 aliphatic heterocycles. The van der Waals surface area contributed by atoms with Gasteiger partial charge >= 0.3 is 0 Å². The number of anilines is 1. The highest BCUT2D eigenvalue weighted by Crippen LogP contribution is 2.36. The number of para-hydroxylation sites is 1. The van der Waals surface area contributed by atoms with E-state index in [1.54, 1.807) is 16.7 Å². The molecule has 0 heterocycles. The second kappa shape index (κ2) is 8.93. The zero-order valence-electron chi connectivity index (χ0n) is 14.5. The monoisotopic (exact) mass is 381 g/mol. The number of benzene rings is 3. The molecular formula is C22H20ClNOS. The quantitative estimate of drug-likeness (QED) is 0.535. The van der Waals surface area contributed by atoms with Crippen LogP contribution in [0.15, 0.2) is 84.9 Å². The Hall–Kier alpha value is -2.23. The highest BCUT2D eigenvalue weighted by atomic mass is 35.5. The van der Waals surface area contributed by atoms with Crippen LogP contribution in [-0.4, -0.2) is 18.7 Å². The van der Waals surface area contributed by atoms with Crippen LogP contribution in [-0.2, 0) is 4.79 Å². The zero-order chi connectivity index (χ0) is 18.4. The van der Waals surface area contributed by atoms with Gasteiger partial charge in [-0.1, -0.05) is 72.3 Å². The SMILES string of the molecule is CN(C(=O)CS[C@H](c1ccccc1)c1ccc(Cl)cc1)c1ccccc1. The van der Waals surface area contributed by atoms with Crippen molar-refractivity contribution in [2.24, 2.45) is 0 Å². The van der Waals surface area contributed by atoms with Gasteiger partial charge in [0.25, 0.3) is 0 Å². The number of hydrogen-bond donors (Lipinski definition) is 0. The fourth-order valence-electron chi connectivity index (χ4n) is 2.70. The predicted molar refractivity (Wildman–Crippen MR) is 112 cm³/mol. The predicted octanol–water partition coefficient (Wildman–Crippen LogP) is 5.83. The number of hydrogen-bond acceptors (Lipinski definition) is 2. The molecule has 4 heteroatoms. The molecule has 0 N–H and O–H groups in total. The van der Waals surface area contributed by atoms with Crippen LogP contribution in [0, 0.1) is 0 Å². The van der Waals surface area contributed by atoms with E-state index in [2.05, 4.69) is 12.1 Å². The number of carbonyl (C=O) groups excluding carboxylic acids is 1. The fourth-order valence-corrected chi connectivity index (χ4v) is 4.03. The van der Waals surface area contributed by atoms with Crippen molar-refractivity contribution in [3.05, 3.63) is 101 Å². The van der Waals surface area contributed by atoms with Gasteiger partial charge in [0.1, 0.15) is 0 Å². The van der Waals surface area contributed by atoms with E-state index < -0.39 is 0 Å². The second-order valence-electron chi connectivity index (χ2n) is 5.94. The summed E-state index contributed by atoms with van der Waals surface area (Å²) in [5.41, 5.74) is 3.22. The Labute approximate surface area is 163 Å². The van der Waals surface area contributed by atoms with Gasteiger partial charge in [0.2, 0.25) is 5.91 Å². The maximum atomic E-state index is 12.6. The molecule has 0 saturated heterocycles. The molecule has 0 aromatic heterocycles. The third-order valence-corrected chi connectivity index (χ3v) is 5.71. The van der Waals surface area contributed by atoms with E-state index in [1.807, 2.05) is 79.8 Å². The average Bonchev–Trinajstić information content (AvgIpc) is 2.70. The minimum absolute atomic E-state index is 0.0797. The van der Waals surface area contributed by atoms with Gasteiger partial charge in [0.15, 0.2) is 0 Å². The minimum Gasteiger partial charge on any atom is -0.315 e. The molecule has 0 bridgehead atoms. The van der Waals surface area contributed by atoms with E-state index >= 15 is 0 Å². The molecule has 0 fully saturated rings. The third kappa shape index (κ3) is 4.69. The molecule has 0 spiro atoms. The lowest BCUT2D eigenvalue weighted by atomic mass is 10.0. The van der Waals surface area contributed by atoms with E-state index in [-0.39, 0.29) is 11.2 Å². The molecule has 0 unspecified atom stereocenters. The number of nitrogens with zero attached hydrogens (tertiary/aromatic N) is 1. The molecule has 26 heavy (non-hydrogen) atoms. The Kier molecular flexibility index (Phi) is 6.37. The summed E-state index contributed by atoms with van der Waals surface area (Å²) in [5, 5.41) is 0.798. The van der Waals surface area contributed by atoms with E-state index in [1.165, 1.54) is 5.56 Å². The van der Waals surface area contributed by atoms with Gasteiger partial charge in [-0.05, 0) is 35.4 Å². The Balaban J connectivity index is 1.76. The molecule has 2 nitrogen and oxygen atoms in total. The fraction of sp³-hybridized carbons (Fsp3) is 0.136. The first-order chi connectivity index (χ1) is 12.6. The number of amides is 1. The molecule has 0 aliphatic carbocycles. The van der Waals surface area contributed by atoms with Gasteiger partial charge in [-0.3, -0.25) is 4.79 Å². The van der Waals surface area contributed by atoms with Gasteiger partial charge in [0.05, 0.1) is 11.0 Å². The Morgan fingerprint density at radius 2 is 1.42 bits per heavy atom. The van der Waals surface area contributed by atoms with Gasteiger partial charge in [-0.15, -0.1) is 11.8 Å². The van der Waals surface area contributed by atoms with Crippen LogP contribution in [0.2, 0.25) is 5.02 Å². The van der Waals surface area contributed by atoms with E-state index in [0.29, 0.717) is 10.8 Å². The van der Waals surface area contributed by atoms with Crippen LogP contribution in [0.5, 0.6) is 0 Å². The zero-order valence-corrected chi connectivity index (χ0v) is 16.1. The first-order valence-electron chi connectivity index (χ1n) is 8.39. The van der Waals surface area contributed by atoms with Crippen molar-refractivity contribution < 1.29 is 4.79 Å². The van der Waals surface area contributed by atoms with Gasteiger partial charge < -0.3 is 4.90 Å². The summed E-state index contributed by atoms with van der Waals surface area (Å²) in [6.45, 7) is 0. The van der Waals surface area contributed by atoms with E-state index in [9.17, 15) is 4.79 Å². The van der Waals surface area contributed by atoms with Crippen LogP contribution >= 0.6 is 23.4 Å². The van der Waals surface area contributed by atoms with Crippen molar-refractivity contribution in [2.75, 3.05) is 17.7 Å². The van der Waals surface area contributed by atoms with Crippen molar-refractivity contribution in [1.29, 1.82) is 0 Å². The van der Waals surface area contributed by atoms with Crippen molar-refractivity contribution in [3.8, 4) is 0 Å². The van der Waals surface area contributed by atoms with Crippen LogP contribution in [0.4, 0.5) is 5.69 Å². The molecule has 132 valence electrons. The van der Waals surface area contributed by atoms with Gasteiger partial charge in [0, 0.05) is 17.8 Å². The van der Waals surface area contributed by atoms with Crippen LogP contribution in [0.1, 0.15) is 16.4 Å². The molecule has 3 aromatic rings. The standard InChI is InChI=1S/C22H20ClNOS/c1-24(20-10-6-3-7-11-20)21(25)16-26-22(17-8-4-2-5-9-17)18-12-14-19(23)15-13-18/h2-15,22H,16H2,1H3/t22-/m1/s1. The van der Waals surface area contributed by atoms with Crippen molar-refractivity contribution in [2.45, 2.75) is 5.25 Å². The lowest BCUT2D eigenvalue weighted by Crippen LogP contribution is -2.28. The smallest absolute Gasteiger partial charge is 0.236 e. The maximum Gasteiger partial charge on any atom is 0.236 e. The molecule has 3 rings (SSSR count). The van der Waals surface area contributed by atoms with Gasteiger partial charge in [-0.25, -0.2) is 0 Å². The summed E-state index contributed by atoms with van der Waals surface area (Å²) in [4.78, 5) is 14.4. The summed E-state index contributed by atoms with van der Waals surface area (Å²) in [5.74, 6) is 0.476. The largest absolute Gasteiger partial charge is 0.315 e. The van der Waals surface area contributed by atoms with Gasteiger partial charge in [-0.2, -0.15) is 0 Å². The summed E-state index contributed by atoms with van der Waals surface area (Å²) in [6.07, 6.45) is 0. The summed E-state index contributed by atoms with van der Waals surface area (Å²) in [7, 11) is 1.82. The normalized spacial score (nSPS) is 11.8. The van der Waals surface area contributed by atoms with Crippen LogP contribution in [0.25, 0.3) is 0 Å². The highest BCUT2D eigenvalue weighted by molar-refractivity contribution is 8.00. The summed E-state index contributed by atoms with van der Waals surface area (Å²) >= 11 is 7.66. The first kappa shape index (κ1) is 18.6. The van der Waals surface area contributed by atoms with E-state index in [4.69, 9.17) is 11.6 Å². The molecule has 0 radical (unpaired) electrons. The molecule has 1 amide bonds. The Morgan fingerprint density at radius 1 is 0.885 bits per heavy atom. The number of halogens is 1. The van der Waals surface area contributed by atoms with E-state index in [0.717, 1.165) is 11.3 Å². The maximum absolute atomic E-state index is 12.6. The lowest BCUT2D eigenvalue weighted by Gasteiger charge is -2.21. The highest BCUT2D eigenvalue weighted by Gasteiger charge is 2.18. The molecule has 3 aromatic carbocycles. The lowest BCUT2D eigenvalue weighted by molar-refractivity contribution is -0.115. The molecule has 0 saturated carbocycles. The first-order valence-corrected chi connectivity index (χ1v) is 9.81. The average molecular weight is 382 g/mol. The summed E-state index contributed by atoms with van der Waals surface area (Å²) < 4.78 is 0. The molecular weight excluding hydrogens is 362 g/mol. The van der Waals surface area contributed by atoms with Crippen LogP contribution < -0.4 is 4.90 Å². The number of rotatable bonds is 6. The van der Waals surface area contributed by atoms with Crippen molar-refractivity contribution in [3.63, 3.8) is 0 Å². The minimum atomic E-state index is 0.0797. The second-order valence-corrected chi connectivity index (χ2v) is 7.47. The van der Waals surface area contributed by atoms with Crippen LogP contribution in [0.3, 0.4) is 0 Å². The van der Waals surface area contributed by atoms with Crippen molar-refractivity contribution in [1.82, 2.24) is 0 Å². The number of thioether (sulfide) groups is 1. The molecule has 1 atom stereocenters. The number of carbonyl (C=O) groups is 1. The third-order valence-electron chi connectivity index (χ3n) is 4.17. The topological polar surface area (TPSA) is 20.3 Å². The van der Waals surface area contributed by atoms with Crippen molar-refractivity contribution >= 4 is 35.0 Å². The molecule has 0 aliphatic rings. The summed E-state index contributed by atoms with van der Waals surface area (Å²) in [6, 6.07) is 27.8. The Morgan fingerprint density at radius 3 is 2.04 bits per heavy atom. The Bertz CT molecular complexity index is 837.